The van der Waals surface area contributed by atoms with Crippen molar-refractivity contribution in [1.82, 2.24) is 14.1 Å². The molecule has 4 rings (SSSR count). The predicted molar refractivity (Wildman–Crippen MR) is 97.1 cm³/mol. The third kappa shape index (κ3) is 3.06. The molecule has 1 aliphatic rings. The molecule has 0 unspecified atom stereocenters. The highest BCUT2D eigenvalue weighted by molar-refractivity contribution is 5.92. The van der Waals surface area contributed by atoms with Crippen molar-refractivity contribution in [2.24, 2.45) is 5.92 Å². The van der Waals surface area contributed by atoms with E-state index >= 15 is 0 Å². The van der Waals surface area contributed by atoms with Crippen LogP contribution in [0.5, 0.6) is 5.75 Å². The highest BCUT2D eigenvalue weighted by Gasteiger charge is 2.25. The summed E-state index contributed by atoms with van der Waals surface area (Å²) in [5.41, 5.74) is 1.55. The van der Waals surface area contributed by atoms with Gasteiger partial charge in [0.25, 0.3) is 0 Å². The number of aldehydes is 1. The molecule has 0 aliphatic heterocycles. The molecule has 1 aromatic carbocycles. The molecule has 0 spiro atoms. The van der Waals surface area contributed by atoms with Gasteiger partial charge in [-0.3, -0.25) is 4.79 Å². The molecular formula is C20H23N3O2. The molecule has 25 heavy (non-hydrogen) atoms. The van der Waals surface area contributed by atoms with Crippen molar-refractivity contribution in [2.75, 3.05) is 6.61 Å². The Hall–Kier alpha value is -2.56. The summed E-state index contributed by atoms with van der Waals surface area (Å²) in [4.78, 5) is 15.6. The molecule has 130 valence electrons. The Morgan fingerprint density at radius 2 is 2.20 bits per heavy atom. The molecular weight excluding hydrogens is 314 g/mol. The molecule has 1 saturated carbocycles. The van der Waals surface area contributed by atoms with Crippen molar-refractivity contribution < 1.29 is 9.53 Å². The largest absolute Gasteiger partial charge is 0.489 e. The van der Waals surface area contributed by atoms with E-state index in [0.717, 1.165) is 35.2 Å². The number of hydrogen-bond donors (Lipinski definition) is 0. The van der Waals surface area contributed by atoms with Gasteiger partial charge in [-0.2, -0.15) is 0 Å². The average molecular weight is 337 g/mol. The molecule has 5 nitrogen and oxygen atoms in total. The van der Waals surface area contributed by atoms with Crippen LogP contribution in [-0.4, -0.2) is 27.0 Å². The zero-order valence-electron chi connectivity index (χ0n) is 14.7. The summed E-state index contributed by atoms with van der Waals surface area (Å²) in [5, 5.41) is 1.06. The Bertz CT molecular complexity index is 889. The number of carbonyl (C=O) groups excluding carboxylic acids is 1. The number of carbonyl (C=O) groups is 1. The Labute approximate surface area is 147 Å². The van der Waals surface area contributed by atoms with E-state index in [4.69, 9.17) is 4.74 Å². The fraction of sp³-hybridized carbons (Fsp3) is 0.400. The second-order valence-corrected chi connectivity index (χ2v) is 7.51. The molecule has 1 aliphatic carbocycles. The predicted octanol–water partition coefficient (Wildman–Crippen LogP) is 3.87. The molecule has 2 aromatic heterocycles. The van der Waals surface area contributed by atoms with E-state index < -0.39 is 0 Å². The number of ether oxygens (including phenoxy) is 1. The molecule has 1 fully saturated rings. The minimum absolute atomic E-state index is 0.208. The van der Waals surface area contributed by atoms with Crippen molar-refractivity contribution in [1.29, 1.82) is 0 Å². The number of nitrogens with zero attached hydrogens (tertiary/aromatic N) is 3. The summed E-state index contributed by atoms with van der Waals surface area (Å²) in [6.45, 7) is 5.65. The van der Waals surface area contributed by atoms with Crippen LogP contribution in [0, 0.1) is 5.92 Å². The topological polar surface area (TPSA) is 49.0 Å². The minimum atomic E-state index is -0.208. The van der Waals surface area contributed by atoms with Crippen LogP contribution < -0.4 is 4.74 Å². The van der Waals surface area contributed by atoms with Gasteiger partial charge >= 0.3 is 0 Å². The number of rotatable bonds is 7. The molecule has 2 heterocycles. The van der Waals surface area contributed by atoms with Crippen molar-refractivity contribution >= 4 is 17.2 Å². The monoisotopic (exact) mass is 337 g/mol. The van der Waals surface area contributed by atoms with E-state index in [9.17, 15) is 4.79 Å². The Morgan fingerprint density at radius 3 is 2.88 bits per heavy atom. The lowest BCUT2D eigenvalue weighted by molar-refractivity contribution is 0.111. The second kappa shape index (κ2) is 6.06. The number of fused-ring (bicyclic) bond motifs is 1. The maximum atomic E-state index is 11.5. The van der Waals surface area contributed by atoms with Gasteiger partial charge in [-0.15, -0.1) is 0 Å². The van der Waals surface area contributed by atoms with Gasteiger partial charge in [0.05, 0.1) is 23.1 Å². The van der Waals surface area contributed by atoms with E-state index in [1.807, 2.05) is 41.4 Å². The first kappa shape index (κ1) is 15.9. The van der Waals surface area contributed by atoms with E-state index in [2.05, 4.69) is 23.4 Å². The van der Waals surface area contributed by atoms with Crippen molar-refractivity contribution in [2.45, 2.75) is 38.8 Å². The number of aromatic nitrogens is 3. The SMILES string of the molecule is CC(C)(COc1cccc2cc(C=O)n(CC3CC3)c12)n1ccnc1. The maximum Gasteiger partial charge on any atom is 0.166 e. The van der Waals surface area contributed by atoms with Gasteiger partial charge in [0.15, 0.2) is 6.29 Å². The molecule has 3 aromatic rings. The van der Waals surface area contributed by atoms with Gasteiger partial charge in [0.2, 0.25) is 0 Å². The average Bonchev–Trinajstić information content (AvgIpc) is 3.11. The van der Waals surface area contributed by atoms with Gasteiger partial charge in [-0.1, -0.05) is 12.1 Å². The van der Waals surface area contributed by atoms with E-state index in [1.54, 1.807) is 6.20 Å². The highest BCUT2D eigenvalue weighted by atomic mass is 16.5. The lowest BCUT2D eigenvalue weighted by atomic mass is 10.1. The highest BCUT2D eigenvalue weighted by Crippen LogP contribution is 2.36. The Balaban J connectivity index is 1.67. The summed E-state index contributed by atoms with van der Waals surface area (Å²) in [5.74, 6) is 1.52. The van der Waals surface area contributed by atoms with Gasteiger partial charge in [-0.25, -0.2) is 4.98 Å². The van der Waals surface area contributed by atoms with Gasteiger partial charge in [0, 0.05) is 24.3 Å². The summed E-state index contributed by atoms with van der Waals surface area (Å²) >= 11 is 0. The number of benzene rings is 1. The zero-order chi connectivity index (χ0) is 17.4. The van der Waals surface area contributed by atoms with Crippen molar-refractivity contribution in [3.63, 3.8) is 0 Å². The Morgan fingerprint density at radius 1 is 1.36 bits per heavy atom. The van der Waals surface area contributed by atoms with Crippen molar-refractivity contribution in [3.8, 4) is 5.75 Å². The number of hydrogen-bond acceptors (Lipinski definition) is 3. The molecule has 0 N–H and O–H groups in total. The fourth-order valence-electron chi connectivity index (χ4n) is 3.23. The summed E-state index contributed by atoms with van der Waals surface area (Å²) in [6.07, 6.45) is 8.97. The lowest BCUT2D eigenvalue weighted by Crippen LogP contribution is -2.32. The number of imidazole rings is 1. The van der Waals surface area contributed by atoms with Gasteiger partial charge in [-0.05, 0) is 44.7 Å². The second-order valence-electron chi connectivity index (χ2n) is 7.51. The van der Waals surface area contributed by atoms with Crippen LogP contribution in [0.4, 0.5) is 0 Å². The third-order valence-corrected chi connectivity index (χ3v) is 4.96. The lowest BCUT2D eigenvalue weighted by Gasteiger charge is -2.26. The van der Waals surface area contributed by atoms with E-state index in [0.29, 0.717) is 12.5 Å². The van der Waals surface area contributed by atoms with Crippen LogP contribution in [-0.2, 0) is 12.1 Å². The number of para-hydroxylation sites is 1. The zero-order valence-corrected chi connectivity index (χ0v) is 14.7. The normalized spacial score (nSPS) is 14.8. The Kier molecular flexibility index (Phi) is 3.86. The fourth-order valence-corrected chi connectivity index (χ4v) is 3.23. The standard InChI is InChI=1S/C20H23N3O2/c1-20(2,22-9-8-21-14-22)13-25-18-5-3-4-16-10-17(12-24)23(19(16)18)11-15-6-7-15/h3-5,8-10,12,14-15H,6-7,11,13H2,1-2H3. The summed E-state index contributed by atoms with van der Waals surface area (Å²) in [7, 11) is 0. The molecule has 5 heteroatoms. The molecule has 0 amide bonds. The maximum absolute atomic E-state index is 11.5. The van der Waals surface area contributed by atoms with E-state index in [1.165, 1.54) is 12.8 Å². The third-order valence-electron chi connectivity index (χ3n) is 4.96. The van der Waals surface area contributed by atoms with Crippen LogP contribution in [0.15, 0.2) is 43.0 Å². The summed E-state index contributed by atoms with van der Waals surface area (Å²) in [6, 6.07) is 7.97. The first-order valence-corrected chi connectivity index (χ1v) is 8.77. The molecule has 0 saturated heterocycles. The van der Waals surface area contributed by atoms with Crippen molar-refractivity contribution in [3.05, 3.63) is 48.7 Å². The smallest absolute Gasteiger partial charge is 0.166 e. The van der Waals surface area contributed by atoms with Crippen LogP contribution >= 0.6 is 0 Å². The van der Waals surface area contributed by atoms with Crippen LogP contribution in [0.2, 0.25) is 0 Å². The van der Waals surface area contributed by atoms with E-state index in [-0.39, 0.29) is 5.54 Å². The van der Waals surface area contributed by atoms with Gasteiger partial charge in [0.1, 0.15) is 12.4 Å². The quantitative estimate of drug-likeness (QED) is 0.615. The first-order chi connectivity index (χ1) is 12.1. The molecule has 0 radical (unpaired) electrons. The van der Waals surface area contributed by atoms with Crippen LogP contribution in [0.3, 0.4) is 0 Å². The molecule has 0 bridgehead atoms. The first-order valence-electron chi connectivity index (χ1n) is 8.77. The minimum Gasteiger partial charge on any atom is -0.489 e. The van der Waals surface area contributed by atoms with Crippen LogP contribution in [0.1, 0.15) is 37.2 Å². The molecule has 0 atom stereocenters. The van der Waals surface area contributed by atoms with Gasteiger partial charge < -0.3 is 13.9 Å². The van der Waals surface area contributed by atoms with Crippen LogP contribution in [0.25, 0.3) is 10.9 Å². The summed E-state index contributed by atoms with van der Waals surface area (Å²) < 4.78 is 10.4.